The standard InChI is InChI=1S/C37H48N6O9/c1-37(2,3)30(41-34(47)50-4)32(45)39-26(20-24-15-17-25(18-16-24)27-14-10-11-19-38-27)22-29(44)28(21-23-12-8-7-9-13-23)40-33(46)31(42-35(48)51-5)43-36(49)52-6/h7-19,26,28-31,44H,20-22H2,1-6H3,(H,39,45)(H,40,46)(H,41,47)(H,42,48)(H,43,49)/t26-,28-,29-,30+/m0/s1. The van der Waals surface area contributed by atoms with Crippen LogP contribution in [0, 0.1) is 5.41 Å². The van der Waals surface area contributed by atoms with E-state index >= 15 is 0 Å². The number of benzene rings is 2. The van der Waals surface area contributed by atoms with Crippen LogP contribution in [0.3, 0.4) is 0 Å². The molecule has 0 unspecified atom stereocenters. The van der Waals surface area contributed by atoms with E-state index in [2.05, 4.69) is 41.0 Å². The molecular weight excluding hydrogens is 672 g/mol. The molecule has 0 aliphatic rings. The molecule has 0 aliphatic carbocycles. The number of pyridine rings is 1. The van der Waals surface area contributed by atoms with Crippen molar-refractivity contribution in [3.8, 4) is 11.3 Å². The number of rotatable bonds is 15. The topological polar surface area (TPSA) is 206 Å². The van der Waals surface area contributed by atoms with E-state index in [1.807, 2.05) is 60.7 Å². The van der Waals surface area contributed by atoms with Crippen molar-refractivity contribution < 1.29 is 43.3 Å². The summed E-state index contributed by atoms with van der Waals surface area (Å²) in [6, 6.07) is 19.6. The van der Waals surface area contributed by atoms with E-state index in [4.69, 9.17) is 4.74 Å². The van der Waals surface area contributed by atoms with Crippen molar-refractivity contribution in [1.82, 2.24) is 31.6 Å². The van der Waals surface area contributed by atoms with E-state index in [1.54, 1.807) is 39.1 Å². The van der Waals surface area contributed by atoms with Gasteiger partial charge in [-0.25, -0.2) is 14.4 Å². The summed E-state index contributed by atoms with van der Waals surface area (Å²) >= 11 is 0. The Hall–Kier alpha value is -5.70. The molecule has 1 heterocycles. The first-order chi connectivity index (χ1) is 24.7. The number of aliphatic hydroxyl groups is 1. The number of nitrogens with one attached hydrogen (secondary N) is 5. The number of hydrogen-bond donors (Lipinski definition) is 6. The zero-order chi connectivity index (χ0) is 38.3. The molecule has 2 aromatic carbocycles. The fourth-order valence-corrected chi connectivity index (χ4v) is 5.35. The molecule has 0 radical (unpaired) electrons. The van der Waals surface area contributed by atoms with E-state index in [9.17, 15) is 29.1 Å². The minimum atomic E-state index is -1.62. The van der Waals surface area contributed by atoms with Crippen LogP contribution in [0.2, 0.25) is 0 Å². The molecule has 0 bridgehead atoms. The molecule has 5 amide bonds. The van der Waals surface area contributed by atoms with Crippen LogP contribution >= 0.6 is 0 Å². The van der Waals surface area contributed by atoms with Crippen molar-refractivity contribution >= 4 is 30.1 Å². The summed E-state index contributed by atoms with van der Waals surface area (Å²) in [5.41, 5.74) is 2.56. The third-order valence-electron chi connectivity index (χ3n) is 8.09. The molecule has 4 atom stereocenters. The van der Waals surface area contributed by atoms with Crippen molar-refractivity contribution in [2.45, 2.75) is 70.4 Å². The molecule has 0 saturated heterocycles. The van der Waals surface area contributed by atoms with Crippen LogP contribution in [0.25, 0.3) is 11.3 Å². The van der Waals surface area contributed by atoms with Gasteiger partial charge in [-0.05, 0) is 47.9 Å². The maximum absolute atomic E-state index is 13.8. The van der Waals surface area contributed by atoms with Gasteiger partial charge in [-0.15, -0.1) is 0 Å². The molecule has 0 fully saturated rings. The fraction of sp³-hybridized carbons (Fsp3) is 0.405. The smallest absolute Gasteiger partial charge is 0.408 e. The van der Waals surface area contributed by atoms with Gasteiger partial charge in [0.1, 0.15) is 6.04 Å². The minimum absolute atomic E-state index is 0.0554. The second-order valence-electron chi connectivity index (χ2n) is 13.1. The summed E-state index contributed by atoms with van der Waals surface area (Å²) in [5, 5.41) is 24.6. The molecule has 280 valence electrons. The highest BCUT2D eigenvalue weighted by Crippen LogP contribution is 2.22. The summed E-state index contributed by atoms with van der Waals surface area (Å²) in [7, 11) is 3.39. The number of hydrogen-bond acceptors (Lipinski definition) is 10. The second kappa shape index (κ2) is 19.6. The van der Waals surface area contributed by atoms with Crippen LogP contribution < -0.4 is 26.6 Å². The SMILES string of the molecule is COC(=O)NC(NC(=O)OC)C(=O)N[C@@H](Cc1ccccc1)[C@@H](O)C[C@H](Cc1ccc(-c2ccccn2)cc1)NC(=O)[C@@H](NC(=O)OC)C(C)(C)C. The average molecular weight is 721 g/mol. The number of carbonyl (C=O) groups excluding carboxylic acids is 5. The average Bonchev–Trinajstić information content (AvgIpc) is 3.13. The van der Waals surface area contributed by atoms with E-state index in [1.165, 1.54) is 7.11 Å². The van der Waals surface area contributed by atoms with Crippen LogP contribution in [-0.4, -0.2) is 91.9 Å². The molecule has 3 aromatic rings. The lowest BCUT2D eigenvalue weighted by Crippen LogP contribution is -2.60. The van der Waals surface area contributed by atoms with Gasteiger partial charge in [0, 0.05) is 17.8 Å². The number of aliphatic hydroxyl groups excluding tert-OH is 1. The Balaban J connectivity index is 1.95. The normalized spacial score (nSPS) is 13.4. The summed E-state index contributed by atoms with van der Waals surface area (Å²) < 4.78 is 14.0. The Kier molecular flexibility index (Phi) is 15.4. The Morgan fingerprint density at radius 3 is 1.77 bits per heavy atom. The third kappa shape index (κ3) is 12.9. The number of amides is 5. The number of alkyl carbamates (subject to hydrolysis) is 3. The first-order valence-electron chi connectivity index (χ1n) is 16.6. The molecule has 0 saturated carbocycles. The molecule has 3 rings (SSSR count). The number of carbonyl (C=O) groups is 5. The largest absolute Gasteiger partial charge is 0.453 e. The minimum Gasteiger partial charge on any atom is -0.453 e. The molecule has 15 heteroatoms. The summed E-state index contributed by atoms with van der Waals surface area (Å²) in [6.07, 6.45) is -3.61. The monoisotopic (exact) mass is 720 g/mol. The maximum Gasteiger partial charge on any atom is 0.408 e. The Morgan fingerprint density at radius 2 is 1.23 bits per heavy atom. The Bertz CT molecular complexity index is 1600. The third-order valence-corrected chi connectivity index (χ3v) is 8.09. The quantitative estimate of drug-likeness (QED) is 0.1000. The van der Waals surface area contributed by atoms with Gasteiger partial charge in [-0.2, -0.15) is 0 Å². The molecule has 52 heavy (non-hydrogen) atoms. The predicted octanol–water partition coefficient (Wildman–Crippen LogP) is 3.06. The fourth-order valence-electron chi connectivity index (χ4n) is 5.35. The number of methoxy groups -OCH3 is 3. The summed E-state index contributed by atoms with van der Waals surface area (Å²) in [4.78, 5) is 67.9. The van der Waals surface area contributed by atoms with E-state index < -0.39 is 65.9 Å². The highest BCUT2D eigenvalue weighted by molar-refractivity contribution is 5.88. The maximum atomic E-state index is 13.8. The molecule has 0 aliphatic heterocycles. The van der Waals surface area contributed by atoms with Gasteiger partial charge >= 0.3 is 18.3 Å². The first-order valence-corrected chi connectivity index (χ1v) is 16.6. The van der Waals surface area contributed by atoms with Gasteiger partial charge in [0.15, 0.2) is 6.17 Å². The van der Waals surface area contributed by atoms with Gasteiger partial charge in [0.2, 0.25) is 5.91 Å². The van der Waals surface area contributed by atoms with Crippen molar-refractivity contribution in [3.63, 3.8) is 0 Å². The van der Waals surface area contributed by atoms with Crippen LogP contribution in [-0.2, 0) is 36.6 Å². The van der Waals surface area contributed by atoms with Crippen molar-refractivity contribution in [1.29, 1.82) is 0 Å². The van der Waals surface area contributed by atoms with Gasteiger partial charge in [-0.3, -0.25) is 25.2 Å². The van der Waals surface area contributed by atoms with Gasteiger partial charge in [-0.1, -0.05) is 81.4 Å². The van der Waals surface area contributed by atoms with Crippen LogP contribution in [0.4, 0.5) is 14.4 Å². The number of nitrogens with zero attached hydrogens (tertiary/aromatic N) is 1. The van der Waals surface area contributed by atoms with Crippen molar-refractivity contribution in [2.24, 2.45) is 5.41 Å². The van der Waals surface area contributed by atoms with Gasteiger partial charge in [0.25, 0.3) is 5.91 Å². The zero-order valence-electron chi connectivity index (χ0n) is 30.2. The Morgan fingerprint density at radius 1 is 0.673 bits per heavy atom. The molecule has 1 aromatic heterocycles. The lowest BCUT2D eigenvalue weighted by atomic mass is 9.85. The van der Waals surface area contributed by atoms with Crippen LogP contribution in [0.5, 0.6) is 0 Å². The Labute approximate surface area is 303 Å². The highest BCUT2D eigenvalue weighted by Gasteiger charge is 2.36. The van der Waals surface area contributed by atoms with Crippen LogP contribution in [0.1, 0.15) is 38.3 Å². The van der Waals surface area contributed by atoms with E-state index in [0.717, 1.165) is 36.6 Å². The summed E-state index contributed by atoms with van der Waals surface area (Å²) in [6.45, 7) is 5.37. The van der Waals surface area contributed by atoms with Crippen molar-refractivity contribution in [3.05, 3.63) is 90.1 Å². The predicted molar refractivity (Wildman–Crippen MR) is 192 cm³/mol. The summed E-state index contributed by atoms with van der Waals surface area (Å²) in [5.74, 6) is -1.37. The van der Waals surface area contributed by atoms with Crippen LogP contribution in [0.15, 0.2) is 79.0 Å². The lowest BCUT2D eigenvalue weighted by molar-refractivity contribution is -0.127. The first kappa shape index (κ1) is 40.7. The number of ether oxygens (including phenoxy) is 3. The molecular formula is C37H48N6O9. The molecule has 15 nitrogen and oxygen atoms in total. The number of aromatic nitrogens is 1. The lowest BCUT2D eigenvalue weighted by Gasteiger charge is -2.33. The van der Waals surface area contributed by atoms with Gasteiger partial charge in [0.05, 0.1) is 39.2 Å². The van der Waals surface area contributed by atoms with Crippen molar-refractivity contribution in [2.75, 3.05) is 21.3 Å². The zero-order valence-corrected chi connectivity index (χ0v) is 30.2. The van der Waals surface area contributed by atoms with E-state index in [-0.39, 0.29) is 19.3 Å². The molecule has 6 N–H and O–H groups in total. The van der Waals surface area contributed by atoms with E-state index in [0.29, 0.717) is 0 Å². The molecule has 0 spiro atoms. The second-order valence-corrected chi connectivity index (χ2v) is 13.1. The highest BCUT2D eigenvalue weighted by atomic mass is 16.5. The van der Waals surface area contributed by atoms with Gasteiger partial charge < -0.3 is 35.3 Å².